The summed E-state index contributed by atoms with van der Waals surface area (Å²) in [5.74, 6) is -0.0136. The van der Waals surface area contributed by atoms with Crippen LogP contribution < -0.4 is 4.90 Å². The average molecular weight is 420 g/mol. The largest absolute Gasteiger partial charge is 0.333 e. The Morgan fingerprint density at radius 1 is 1.35 bits per heavy atom. The Bertz CT molecular complexity index is 682. The molecule has 0 spiro atoms. The van der Waals surface area contributed by atoms with Crippen molar-refractivity contribution in [2.24, 2.45) is 4.99 Å². The van der Waals surface area contributed by atoms with Crippen molar-refractivity contribution in [1.82, 2.24) is 4.90 Å². The molecule has 0 aromatic heterocycles. The molecule has 0 N–H and O–H groups in total. The third-order valence-corrected chi connectivity index (χ3v) is 6.14. The van der Waals surface area contributed by atoms with Crippen molar-refractivity contribution in [2.45, 2.75) is 51.2 Å². The highest BCUT2D eigenvalue weighted by Gasteiger charge is 2.36. The highest BCUT2D eigenvalue weighted by atomic mass is 35.5. The van der Waals surface area contributed by atoms with Crippen LogP contribution in [0.15, 0.2) is 23.2 Å². The molecule has 0 bridgehead atoms. The summed E-state index contributed by atoms with van der Waals surface area (Å²) in [6.07, 6.45) is 5.76. The molecule has 1 heterocycles. The summed E-state index contributed by atoms with van der Waals surface area (Å²) < 4.78 is 14.4. The molecular formula is C18H24Cl2FN3OS. The third kappa shape index (κ3) is 4.65. The Morgan fingerprint density at radius 3 is 2.65 bits per heavy atom. The second-order valence-electron chi connectivity index (χ2n) is 6.59. The van der Waals surface area contributed by atoms with Gasteiger partial charge in [0.05, 0.1) is 11.7 Å². The molecule has 1 aromatic rings. The summed E-state index contributed by atoms with van der Waals surface area (Å²) in [6.45, 7) is 1.46. The highest BCUT2D eigenvalue weighted by molar-refractivity contribution is 8.14. The zero-order chi connectivity index (χ0) is 18.0. The highest BCUT2D eigenvalue weighted by Crippen LogP contribution is 2.32. The smallest absolute Gasteiger partial charge is 0.225 e. The second-order valence-corrected chi connectivity index (χ2v) is 8.01. The topological polar surface area (TPSA) is 35.9 Å². The zero-order valence-corrected chi connectivity index (χ0v) is 17.3. The standard InChI is InChI=1S/C18H23ClFN3OS.ClH/c1-12(24)23(16-9-8-13(19)10-15(16)20)17-11-25-18(22(17)2)21-14-6-4-3-5-7-14;/h8-10,14,17H,3-7,11H2,1-2H3;1H. The lowest BCUT2D eigenvalue weighted by Gasteiger charge is -2.33. The van der Waals surface area contributed by atoms with E-state index in [1.165, 1.54) is 37.2 Å². The van der Waals surface area contributed by atoms with E-state index in [0.29, 0.717) is 16.8 Å². The van der Waals surface area contributed by atoms with E-state index in [0.717, 1.165) is 18.0 Å². The Balaban J connectivity index is 0.00000243. The van der Waals surface area contributed by atoms with Crippen LogP contribution in [0.1, 0.15) is 39.0 Å². The Hall–Kier alpha value is -0.980. The van der Waals surface area contributed by atoms with Gasteiger partial charge in [-0.15, -0.1) is 12.4 Å². The number of amides is 1. The van der Waals surface area contributed by atoms with Gasteiger partial charge in [-0.05, 0) is 31.0 Å². The molecule has 4 nitrogen and oxygen atoms in total. The van der Waals surface area contributed by atoms with Gasteiger partial charge >= 0.3 is 0 Å². The van der Waals surface area contributed by atoms with Crippen molar-refractivity contribution in [1.29, 1.82) is 0 Å². The van der Waals surface area contributed by atoms with Gasteiger partial charge in [-0.25, -0.2) is 4.39 Å². The minimum Gasteiger partial charge on any atom is -0.333 e. The molecule has 1 atom stereocenters. The SMILES string of the molecule is CC(=O)N(c1ccc(Cl)cc1F)C1CSC(=NC2CCCCC2)N1C.Cl. The molecular weight excluding hydrogens is 396 g/mol. The Kier molecular flexibility index (Phi) is 7.62. The molecule has 1 saturated heterocycles. The summed E-state index contributed by atoms with van der Waals surface area (Å²) in [5, 5.41) is 1.26. The number of thioether (sulfide) groups is 1. The van der Waals surface area contributed by atoms with E-state index in [4.69, 9.17) is 16.6 Å². The summed E-state index contributed by atoms with van der Waals surface area (Å²) in [5.41, 5.74) is 0.258. The average Bonchev–Trinajstić information content (AvgIpc) is 2.92. The fourth-order valence-corrected chi connectivity index (χ4v) is 4.83. The van der Waals surface area contributed by atoms with Crippen LogP contribution in [-0.4, -0.2) is 41.0 Å². The van der Waals surface area contributed by atoms with Crippen LogP contribution in [0.5, 0.6) is 0 Å². The van der Waals surface area contributed by atoms with Crippen LogP contribution in [0.4, 0.5) is 10.1 Å². The number of carbonyl (C=O) groups is 1. The number of halogens is 3. The molecule has 2 aliphatic rings. The van der Waals surface area contributed by atoms with Gasteiger partial charge in [-0.3, -0.25) is 14.7 Å². The molecule has 1 aromatic carbocycles. The summed E-state index contributed by atoms with van der Waals surface area (Å²) in [6, 6.07) is 4.78. The minimum atomic E-state index is -0.487. The van der Waals surface area contributed by atoms with Gasteiger partial charge in [0.2, 0.25) is 5.91 Å². The number of rotatable bonds is 3. The number of amidine groups is 1. The molecule has 2 fully saturated rings. The number of hydrogen-bond acceptors (Lipinski definition) is 3. The molecule has 1 unspecified atom stereocenters. The first-order chi connectivity index (χ1) is 12.0. The first-order valence-corrected chi connectivity index (χ1v) is 10.0. The monoisotopic (exact) mass is 419 g/mol. The zero-order valence-electron chi connectivity index (χ0n) is 15.0. The minimum absolute atomic E-state index is 0. The van der Waals surface area contributed by atoms with Crippen LogP contribution in [-0.2, 0) is 4.79 Å². The maximum absolute atomic E-state index is 14.4. The molecule has 1 saturated carbocycles. The van der Waals surface area contributed by atoms with Crippen molar-refractivity contribution in [2.75, 3.05) is 17.7 Å². The van der Waals surface area contributed by atoms with Gasteiger partial charge in [0.15, 0.2) is 5.17 Å². The second kappa shape index (κ2) is 9.29. The van der Waals surface area contributed by atoms with Gasteiger partial charge in [-0.2, -0.15) is 0 Å². The van der Waals surface area contributed by atoms with E-state index < -0.39 is 5.82 Å². The third-order valence-electron chi connectivity index (χ3n) is 4.78. The normalized spacial score (nSPS) is 22.4. The van der Waals surface area contributed by atoms with Crippen molar-refractivity contribution >= 4 is 52.5 Å². The quantitative estimate of drug-likeness (QED) is 0.695. The van der Waals surface area contributed by atoms with Crippen molar-refractivity contribution in [3.63, 3.8) is 0 Å². The fourth-order valence-electron chi connectivity index (χ4n) is 3.45. The molecule has 26 heavy (non-hydrogen) atoms. The van der Waals surface area contributed by atoms with E-state index in [9.17, 15) is 9.18 Å². The van der Waals surface area contributed by atoms with Crippen LogP contribution in [0.2, 0.25) is 5.02 Å². The van der Waals surface area contributed by atoms with Crippen LogP contribution in [0.25, 0.3) is 0 Å². The van der Waals surface area contributed by atoms with Gasteiger partial charge in [0, 0.05) is 24.7 Å². The molecule has 3 rings (SSSR count). The lowest BCUT2D eigenvalue weighted by atomic mass is 9.96. The Morgan fingerprint density at radius 2 is 2.04 bits per heavy atom. The first-order valence-electron chi connectivity index (χ1n) is 8.65. The molecule has 0 radical (unpaired) electrons. The molecule has 8 heteroatoms. The maximum Gasteiger partial charge on any atom is 0.225 e. The van der Waals surface area contributed by atoms with E-state index >= 15 is 0 Å². The summed E-state index contributed by atoms with van der Waals surface area (Å²) >= 11 is 7.48. The van der Waals surface area contributed by atoms with E-state index in [2.05, 4.69) is 0 Å². The summed E-state index contributed by atoms with van der Waals surface area (Å²) in [4.78, 5) is 20.6. The molecule has 1 aliphatic heterocycles. The number of nitrogens with zero attached hydrogens (tertiary/aromatic N) is 3. The van der Waals surface area contributed by atoms with Crippen molar-refractivity contribution in [3.05, 3.63) is 29.0 Å². The number of hydrogen-bond donors (Lipinski definition) is 0. The van der Waals surface area contributed by atoms with Crippen LogP contribution >= 0.6 is 35.8 Å². The van der Waals surface area contributed by atoms with Crippen LogP contribution in [0, 0.1) is 5.82 Å². The molecule has 1 amide bonds. The lowest BCUT2D eigenvalue weighted by Crippen LogP contribution is -2.48. The van der Waals surface area contributed by atoms with Gasteiger partial charge in [-0.1, -0.05) is 42.6 Å². The van der Waals surface area contributed by atoms with E-state index in [-0.39, 0.29) is 30.2 Å². The fraction of sp³-hybridized carbons (Fsp3) is 0.556. The predicted molar refractivity (Wildman–Crippen MR) is 110 cm³/mol. The maximum atomic E-state index is 14.4. The number of benzene rings is 1. The van der Waals surface area contributed by atoms with Crippen LogP contribution in [0.3, 0.4) is 0 Å². The lowest BCUT2D eigenvalue weighted by molar-refractivity contribution is -0.117. The number of anilines is 1. The van der Waals surface area contributed by atoms with E-state index in [1.54, 1.807) is 23.9 Å². The molecule has 144 valence electrons. The predicted octanol–water partition coefficient (Wildman–Crippen LogP) is 4.95. The molecule has 1 aliphatic carbocycles. The van der Waals surface area contributed by atoms with Crippen molar-refractivity contribution < 1.29 is 9.18 Å². The van der Waals surface area contributed by atoms with E-state index in [1.807, 2.05) is 11.9 Å². The Labute approximate surface area is 169 Å². The number of aliphatic imine (C=N–C) groups is 1. The van der Waals surface area contributed by atoms with Gasteiger partial charge in [0.25, 0.3) is 0 Å². The first kappa shape index (κ1) is 21.3. The van der Waals surface area contributed by atoms with Crippen molar-refractivity contribution in [3.8, 4) is 0 Å². The van der Waals surface area contributed by atoms with Gasteiger partial charge < -0.3 is 4.90 Å². The summed E-state index contributed by atoms with van der Waals surface area (Å²) in [7, 11) is 1.93. The van der Waals surface area contributed by atoms with Gasteiger partial charge in [0.1, 0.15) is 12.0 Å². The number of carbonyl (C=O) groups excluding carboxylic acids is 1.